The van der Waals surface area contributed by atoms with Crippen LogP contribution in [-0.2, 0) is 9.59 Å². The van der Waals surface area contributed by atoms with E-state index >= 15 is 0 Å². The van der Waals surface area contributed by atoms with Gasteiger partial charge in [0.2, 0.25) is 11.8 Å². The van der Waals surface area contributed by atoms with Gasteiger partial charge in [-0.25, -0.2) is 0 Å². The molecule has 0 radical (unpaired) electrons. The van der Waals surface area contributed by atoms with Gasteiger partial charge in [0.1, 0.15) is 0 Å². The van der Waals surface area contributed by atoms with Crippen LogP contribution in [-0.4, -0.2) is 24.4 Å². The summed E-state index contributed by atoms with van der Waals surface area (Å²) in [5, 5.41) is 2.57. The topological polar surface area (TPSA) is 98.2 Å². The summed E-state index contributed by atoms with van der Waals surface area (Å²) in [6.45, 7) is 2.05. The summed E-state index contributed by atoms with van der Waals surface area (Å²) in [4.78, 5) is 21.1. The molecule has 0 saturated carbocycles. The molecule has 0 aliphatic rings. The zero-order chi connectivity index (χ0) is 9.56. The molecule has 0 aliphatic carbocycles. The van der Waals surface area contributed by atoms with E-state index in [1.807, 2.05) is 0 Å². The molecule has 70 valence electrons. The maximum atomic E-state index is 10.8. The maximum Gasteiger partial charge on any atom is 0.236 e. The van der Waals surface area contributed by atoms with E-state index in [2.05, 4.69) is 5.32 Å². The number of carbonyl (C=O) groups excluding carboxylic acids is 2. The van der Waals surface area contributed by atoms with E-state index in [1.54, 1.807) is 6.92 Å². The number of nitrogens with two attached hydrogens (primary N) is 2. The second kappa shape index (κ2) is 5.54. The molecule has 0 heterocycles. The lowest BCUT2D eigenvalue weighted by Gasteiger charge is -2.05. The minimum absolute atomic E-state index is 0.209. The Labute approximate surface area is 71.5 Å². The van der Waals surface area contributed by atoms with Gasteiger partial charge in [0.05, 0.1) is 6.04 Å². The lowest BCUT2D eigenvalue weighted by molar-refractivity contribution is -0.122. The molecule has 5 nitrogen and oxygen atoms in total. The smallest absolute Gasteiger partial charge is 0.236 e. The molecule has 0 rings (SSSR count). The quantitative estimate of drug-likeness (QED) is 0.451. The zero-order valence-corrected chi connectivity index (χ0v) is 7.17. The van der Waals surface area contributed by atoms with E-state index in [0.29, 0.717) is 19.4 Å². The van der Waals surface area contributed by atoms with Crippen molar-refractivity contribution in [1.82, 2.24) is 5.32 Å². The number of rotatable bonds is 5. The first-order valence-corrected chi connectivity index (χ1v) is 3.85. The Morgan fingerprint density at radius 2 is 2.08 bits per heavy atom. The zero-order valence-electron chi connectivity index (χ0n) is 7.17. The summed E-state index contributed by atoms with van der Waals surface area (Å²) in [7, 11) is 0. The number of primary amides is 1. The van der Waals surface area contributed by atoms with Crippen LogP contribution in [0.4, 0.5) is 0 Å². The predicted molar refractivity (Wildman–Crippen MR) is 45.1 cm³/mol. The predicted octanol–water partition coefficient (Wildman–Crippen LogP) is -1.28. The highest BCUT2D eigenvalue weighted by Crippen LogP contribution is 1.84. The van der Waals surface area contributed by atoms with Gasteiger partial charge in [-0.1, -0.05) is 0 Å². The molecule has 0 aromatic heterocycles. The highest BCUT2D eigenvalue weighted by molar-refractivity contribution is 5.81. The third-order valence-corrected chi connectivity index (χ3v) is 1.31. The standard InChI is InChI=1S/C7H15N3O2/c1-5(8)7(12)10-4-2-3-6(9)11/h5H,2-4,8H2,1H3,(H2,9,11)(H,10,12)/t5-/m0/s1. The van der Waals surface area contributed by atoms with E-state index in [1.165, 1.54) is 0 Å². The van der Waals surface area contributed by atoms with E-state index in [0.717, 1.165) is 0 Å². The first-order valence-electron chi connectivity index (χ1n) is 3.85. The summed E-state index contributed by atoms with van der Waals surface area (Å²) in [5.74, 6) is -0.565. The van der Waals surface area contributed by atoms with E-state index < -0.39 is 6.04 Å². The van der Waals surface area contributed by atoms with Gasteiger partial charge in [0, 0.05) is 13.0 Å². The summed E-state index contributed by atoms with van der Waals surface area (Å²) < 4.78 is 0. The molecular weight excluding hydrogens is 158 g/mol. The number of hydrogen-bond donors (Lipinski definition) is 3. The van der Waals surface area contributed by atoms with Crippen LogP contribution in [0.2, 0.25) is 0 Å². The SMILES string of the molecule is C[C@H](N)C(=O)NCCCC(N)=O. The van der Waals surface area contributed by atoms with Crippen molar-refractivity contribution in [1.29, 1.82) is 0 Å². The molecule has 0 unspecified atom stereocenters. The number of hydrogen-bond acceptors (Lipinski definition) is 3. The molecule has 1 atom stereocenters. The number of nitrogens with one attached hydrogen (secondary N) is 1. The molecule has 0 aromatic carbocycles. The lowest BCUT2D eigenvalue weighted by atomic mass is 10.3. The molecule has 5 N–H and O–H groups in total. The Balaban J connectivity index is 3.32. The van der Waals surface area contributed by atoms with Crippen molar-refractivity contribution < 1.29 is 9.59 Å². The number of carbonyl (C=O) groups is 2. The van der Waals surface area contributed by atoms with Crippen molar-refractivity contribution in [3.8, 4) is 0 Å². The van der Waals surface area contributed by atoms with Crippen LogP contribution >= 0.6 is 0 Å². The molecule has 0 fully saturated rings. The highest BCUT2D eigenvalue weighted by atomic mass is 16.2. The monoisotopic (exact) mass is 173 g/mol. The molecule has 0 saturated heterocycles. The van der Waals surface area contributed by atoms with Gasteiger partial charge in [0.25, 0.3) is 0 Å². The first kappa shape index (κ1) is 10.9. The van der Waals surface area contributed by atoms with Gasteiger partial charge < -0.3 is 16.8 Å². The van der Waals surface area contributed by atoms with Crippen molar-refractivity contribution in [2.24, 2.45) is 11.5 Å². The van der Waals surface area contributed by atoms with E-state index in [4.69, 9.17) is 11.5 Å². The van der Waals surface area contributed by atoms with Crippen LogP contribution < -0.4 is 16.8 Å². The van der Waals surface area contributed by atoms with Crippen molar-refractivity contribution in [2.45, 2.75) is 25.8 Å². The fraction of sp³-hybridized carbons (Fsp3) is 0.714. The van der Waals surface area contributed by atoms with Crippen LogP contribution in [0.3, 0.4) is 0 Å². The fourth-order valence-corrected chi connectivity index (χ4v) is 0.635. The molecule has 12 heavy (non-hydrogen) atoms. The van der Waals surface area contributed by atoms with E-state index in [9.17, 15) is 9.59 Å². The Morgan fingerprint density at radius 3 is 2.50 bits per heavy atom. The van der Waals surface area contributed by atoms with Crippen molar-refractivity contribution >= 4 is 11.8 Å². The normalized spacial score (nSPS) is 12.2. The van der Waals surface area contributed by atoms with Crippen LogP contribution in [0.25, 0.3) is 0 Å². The largest absolute Gasteiger partial charge is 0.370 e. The Kier molecular flexibility index (Phi) is 5.03. The van der Waals surface area contributed by atoms with Crippen LogP contribution in [0.5, 0.6) is 0 Å². The van der Waals surface area contributed by atoms with Crippen molar-refractivity contribution in [3.63, 3.8) is 0 Å². The minimum Gasteiger partial charge on any atom is -0.370 e. The molecule has 0 bridgehead atoms. The molecule has 2 amide bonds. The molecule has 0 spiro atoms. The molecular formula is C7H15N3O2. The van der Waals surface area contributed by atoms with Crippen molar-refractivity contribution in [2.75, 3.05) is 6.54 Å². The van der Waals surface area contributed by atoms with Crippen LogP contribution in [0, 0.1) is 0 Å². The van der Waals surface area contributed by atoms with Gasteiger partial charge in [-0.05, 0) is 13.3 Å². The molecule has 0 aliphatic heterocycles. The van der Waals surface area contributed by atoms with Gasteiger partial charge in [-0.3, -0.25) is 9.59 Å². The maximum absolute atomic E-state index is 10.8. The summed E-state index contributed by atoms with van der Waals surface area (Å²) >= 11 is 0. The third kappa shape index (κ3) is 5.67. The van der Waals surface area contributed by atoms with Crippen molar-refractivity contribution in [3.05, 3.63) is 0 Å². The molecule has 5 heteroatoms. The second-order valence-electron chi connectivity index (χ2n) is 2.65. The van der Waals surface area contributed by atoms with Gasteiger partial charge >= 0.3 is 0 Å². The highest BCUT2D eigenvalue weighted by Gasteiger charge is 2.05. The Hall–Kier alpha value is -1.10. The third-order valence-electron chi connectivity index (χ3n) is 1.31. The van der Waals surface area contributed by atoms with Gasteiger partial charge in [0.15, 0.2) is 0 Å². The average molecular weight is 173 g/mol. The van der Waals surface area contributed by atoms with Gasteiger partial charge in [-0.2, -0.15) is 0 Å². The minimum atomic E-state index is -0.501. The summed E-state index contributed by atoms with van der Waals surface area (Å²) in [6.07, 6.45) is 0.854. The summed E-state index contributed by atoms with van der Waals surface area (Å²) in [5.41, 5.74) is 10.2. The summed E-state index contributed by atoms with van der Waals surface area (Å²) in [6, 6.07) is -0.501. The Bertz CT molecular complexity index is 168. The second-order valence-corrected chi connectivity index (χ2v) is 2.65. The molecule has 0 aromatic rings. The van der Waals surface area contributed by atoms with Crippen LogP contribution in [0.15, 0.2) is 0 Å². The van der Waals surface area contributed by atoms with Gasteiger partial charge in [-0.15, -0.1) is 0 Å². The van der Waals surface area contributed by atoms with Crippen LogP contribution in [0.1, 0.15) is 19.8 Å². The number of amides is 2. The fourth-order valence-electron chi connectivity index (χ4n) is 0.635. The average Bonchev–Trinajstić information content (AvgIpc) is 1.97. The Morgan fingerprint density at radius 1 is 1.50 bits per heavy atom. The van der Waals surface area contributed by atoms with E-state index in [-0.39, 0.29) is 11.8 Å². The lowest BCUT2D eigenvalue weighted by Crippen LogP contribution is -2.38. The first-order chi connectivity index (χ1) is 5.54.